The zero-order valence-corrected chi connectivity index (χ0v) is 16.6. The number of aryl methyl sites for hydroxylation is 3. The lowest BCUT2D eigenvalue weighted by Crippen LogP contribution is -2.25. The zero-order chi connectivity index (χ0) is 19.0. The summed E-state index contributed by atoms with van der Waals surface area (Å²) in [5.41, 5.74) is 10.7. The van der Waals surface area contributed by atoms with E-state index in [-0.39, 0.29) is 0 Å². The van der Waals surface area contributed by atoms with Gasteiger partial charge in [0.15, 0.2) is 5.17 Å². The van der Waals surface area contributed by atoms with Crippen molar-refractivity contribution in [3.05, 3.63) is 58.7 Å². The second-order valence-corrected chi connectivity index (χ2v) is 7.51. The van der Waals surface area contributed by atoms with Crippen molar-refractivity contribution in [3.8, 4) is 5.95 Å². The fraction of sp³-hybridized carbons (Fsp3) is 0.263. The normalized spacial score (nSPS) is 15.7. The van der Waals surface area contributed by atoms with Crippen LogP contribution in [-0.2, 0) is 0 Å². The molecular formula is C19H21N7S. The number of benzene rings is 1. The van der Waals surface area contributed by atoms with Crippen molar-refractivity contribution < 1.29 is 0 Å². The van der Waals surface area contributed by atoms with Gasteiger partial charge in [0.25, 0.3) is 0 Å². The molecule has 0 fully saturated rings. The van der Waals surface area contributed by atoms with Gasteiger partial charge >= 0.3 is 0 Å². The lowest BCUT2D eigenvalue weighted by Gasteiger charge is -2.16. The third-order valence-corrected chi connectivity index (χ3v) is 5.51. The Morgan fingerprint density at radius 1 is 1.15 bits per heavy atom. The first-order chi connectivity index (χ1) is 13.0. The van der Waals surface area contributed by atoms with Crippen LogP contribution >= 0.6 is 11.8 Å². The van der Waals surface area contributed by atoms with E-state index < -0.39 is 0 Å². The molecule has 0 saturated heterocycles. The molecule has 0 spiro atoms. The highest BCUT2D eigenvalue weighted by atomic mass is 32.2. The molecule has 0 aliphatic carbocycles. The van der Waals surface area contributed by atoms with Crippen molar-refractivity contribution in [3.63, 3.8) is 0 Å². The molecule has 2 N–H and O–H groups in total. The zero-order valence-electron chi connectivity index (χ0n) is 15.7. The fourth-order valence-corrected chi connectivity index (χ4v) is 4.04. The Bertz CT molecular complexity index is 1020. The lowest BCUT2D eigenvalue weighted by molar-refractivity contribution is 0.877. The molecule has 0 bridgehead atoms. The summed E-state index contributed by atoms with van der Waals surface area (Å²) >= 11 is 1.66. The molecule has 4 rings (SSSR count). The molecule has 8 heteroatoms. The number of H-pyrrole nitrogens is 1. The highest BCUT2D eigenvalue weighted by molar-refractivity contribution is 8.14. The van der Waals surface area contributed by atoms with Crippen LogP contribution in [0.25, 0.3) is 5.95 Å². The quantitative estimate of drug-likeness (QED) is 0.729. The molecule has 3 heterocycles. The Hall–Kier alpha value is -2.87. The van der Waals surface area contributed by atoms with Gasteiger partial charge in [0, 0.05) is 22.7 Å². The van der Waals surface area contributed by atoms with Crippen molar-refractivity contribution >= 4 is 28.3 Å². The molecule has 2 aromatic heterocycles. The number of para-hydroxylation sites is 1. The van der Waals surface area contributed by atoms with E-state index in [2.05, 4.69) is 82.2 Å². The summed E-state index contributed by atoms with van der Waals surface area (Å²) in [6.07, 6.45) is 1.51. The molecule has 1 aliphatic rings. The Morgan fingerprint density at radius 3 is 2.56 bits per heavy atom. The molecule has 7 nitrogen and oxygen atoms in total. The Balaban J connectivity index is 1.62. The first-order valence-electron chi connectivity index (χ1n) is 8.70. The van der Waals surface area contributed by atoms with Crippen molar-refractivity contribution in [2.24, 2.45) is 10.1 Å². The van der Waals surface area contributed by atoms with E-state index in [0.29, 0.717) is 5.95 Å². The largest absolute Gasteiger partial charge is 0.287 e. The Kier molecular flexibility index (Phi) is 4.57. The van der Waals surface area contributed by atoms with E-state index in [4.69, 9.17) is 4.99 Å². The number of aliphatic imine (C=N–C) groups is 1. The molecule has 27 heavy (non-hydrogen) atoms. The van der Waals surface area contributed by atoms with Gasteiger partial charge in [0.1, 0.15) is 6.33 Å². The Labute approximate surface area is 162 Å². The summed E-state index contributed by atoms with van der Waals surface area (Å²) in [5, 5.41) is 12.3. The van der Waals surface area contributed by atoms with Crippen LogP contribution < -0.4 is 5.43 Å². The standard InChI is InChI=1S/C19H21N7S/c1-11-6-5-7-12(2)17(11)22-19-25-23-16(9-27-19)15-8-13(3)26(14(15)4)18-20-10-21-24-18/h5-8,10H,9H2,1-4H3,(H,22,25)(H,20,21,24). The smallest absolute Gasteiger partial charge is 0.229 e. The molecule has 3 aromatic rings. The lowest BCUT2D eigenvalue weighted by atomic mass is 10.1. The topological polar surface area (TPSA) is 83.2 Å². The minimum absolute atomic E-state index is 0.713. The number of rotatable bonds is 3. The third kappa shape index (κ3) is 3.28. The van der Waals surface area contributed by atoms with Crippen LogP contribution in [0.3, 0.4) is 0 Å². The summed E-state index contributed by atoms with van der Waals surface area (Å²) in [4.78, 5) is 9.02. The van der Waals surface area contributed by atoms with Crippen molar-refractivity contribution in [1.82, 2.24) is 25.2 Å². The maximum atomic E-state index is 4.76. The van der Waals surface area contributed by atoms with Crippen molar-refractivity contribution in [2.45, 2.75) is 27.7 Å². The van der Waals surface area contributed by atoms with E-state index in [1.807, 2.05) is 0 Å². The average molecular weight is 379 g/mol. The maximum Gasteiger partial charge on any atom is 0.229 e. The first-order valence-corrected chi connectivity index (χ1v) is 9.68. The van der Waals surface area contributed by atoms with Gasteiger partial charge in [-0.1, -0.05) is 30.0 Å². The monoisotopic (exact) mass is 379 g/mol. The molecule has 1 aromatic carbocycles. The summed E-state index contributed by atoms with van der Waals surface area (Å²) in [7, 11) is 0. The van der Waals surface area contributed by atoms with Crippen LogP contribution in [0.1, 0.15) is 28.1 Å². The molecule has 0 radical (unpaired) electrons. The van der Waals surface area contributed by atoms with Gasteiger partial charge in [-0.2, -0.15) is 15.2 Å². The molecule has 0 unspecified atom stereocenters. The number of thioether (sulfide) groups is 1. The van der Waals surface area contributed by atoms with E-state index >= 15 is 0 Å². The van der Waals surface area contributed by atoms with Crippen LogP contribution in [-0.4, -0.2) is 36.4 Å². The van der Waals surface area contributed by atoms with Crippen LogP contribution in [0.5, 0.6) is 0 Å². The van der Waals surface area contributed by atoms with Crippen LogP contribution in [0.2, 0.25) is 0 Å². The molecule has 138 valence electrons. The summed E-state index contributed by atoms with van der Waals surface area (Å²) in [6.45, 7) is 8.27. The van der Waals surface area contributed by atoms with Gasteiger partial charge in [-0.3, -0.25) is 9.99 Å². The predicted molar refractivity (Wildman–Crippen MR) is 110 cm³/mol. The molecule has 1 aliphatic heterocycles. The molecular weight excluding hydrogens is 358 g/mol. The van der Waals surface area contributed by atoms with Crippen LogP contribution in [0.4, 0.5) is 5.69 Å². The first kappa shape index (κ1) is 17.5. The van der Waals surface area contributed by atoms with E-state index in [9.17, 15) is 0 Å². The highest BCUT2D eigenvalue weighted by Gasteiger charge is 2.20. The van der Waals surface area contributed by atoms with E-state index in [0.717, 1.165) is 50.4 Å². The predicted octanol–water partition coefficient (Wildman–Crippen LogP) is 3.56. The number of nitrogens with zero attached hydrogens (tertiary/aromatic N) is 5. The second-order valence-electron chi connectivity index (χ2n) is 6.55. The number of amidine groups is 1. The summed E-state index contributed by atoms with van der Waals surface area (Å²) in [5.74, 6) is 1.47. The number of aromatic amines is 1. The highest BCUT2D eigenvalue weighted by Crippen LogP contribution is 2.26. The third-order valence-electron chi connectivity index (χ3n) is 4.64. The van der Waals surface area contributed by atoms with Gasteiger partial charge in [-0.25, -0.2) is 10.1 Å². The van der Waals surface area contributed by atoms with Gasteiger partial charge in [-0.15, -0.1) is 0 Å². The van der Waals surface area contributed by atoms with E-state index in [1.165, 1.54) is 6.33 Å². The summed E-state index contributed by atoms with van der Waals surface area (Å²) < 4.78 is 2.05. The SMILES string of the molecule is Cc1cccc(C)c1N=C1NN=C(c2cc(C)n(-c3ncn[nH]3)c2C)CS1. The van der Waals surface area contributed by atoms with E-state index in [1.54, 1.807) is 11.8 Å². The average Bonchev–Trinajstić information content (AvgIpc) is 3.27. The molecule has 0 saturated carbocycles. The maximum absolute atomic E-state index is 4.76. The number of aromatic nitrogens is 4. The number of hydrazone groups is 1. The van der Waals surface area contributed by atoms with Crippen molar-refractivity contribution in [2.75, 3.05) is 5.75 Å². The van der Waals surface area contributed by atoms with Crippen molar-refractivity contribution in [1.29, 1.82) is 0 Å². The number of hydrogen-bond donors (Lipinski definition) is 2. The van der Waals surface area contributed by atoms with Gasteiger partial charge in [0.2, 0.25) is 5.95 Å². The van der Waals surface area contributed by atoms with Gasteiger partial charge in [-0.05, 0) is 44.9 Å². The van der Waals surface area contributed by atoms with Crippen LogP contribution in [0, 0.1) is 27.7 Å². The molecule has 0 atom stereocenters. The van der Waals surface area contributed by atoms with Gasteiger partial charge < -0.3 is 0 Å². The minimum atomic E-state index is 0.713. The molecule has 0 amide bonds. The van der Waals surface area contributed by atoms with Crippen LogP contribution in [0.15, 0.2) is 40.7 Å². The Morgan fingerprint density at radius 2 is 1.93 bits per heavy atom. The van der Waals surface area contributed by atoms with Gasteiger partial charge in [0.05, 0.1) is 11.4 Å². The summed E-state index contributed by atoms with van der Waals surface area (Å²) in [6, 6.07) is 8.34. The minimum Gasteiger partial charge on any atom is -0.287 e. The second kappa shape index (κ2) is 7.03. The number of hydrogen-bond acceptors (Lipinski definition) is 5. The number of nitrogens with one attached hydrogen (secondary N) is 2. The fourth-order valence-electron chi connectivity index (χ4n) is 3.28.